The van der Waals surface area contributed by atoms with Crippen LogP contribution in [-0.2, 0) is 27.9 Å². The van der Waals surface area contributed by atoms with Crippen molar-refractivity contribution < 1.29 is 37.9 Å². The van der Waals surface area contributed by atoms with Gasteiger partial charge in [0.1, 0.15) is 12.7 Å². The Labute approximate surface area is 218 Å². The normalized spacial score (nSPS) is 13.8. The van der Waals surface area contributed by atoms with Gasteiger partial charge in [0.25, 0.3) is 0 Å². The van der Waals surface area contributed by atoms with Gasteiger partial charge in [-0.05, 0) is 12.8 Å². The van der Waals surface area contributed by atoms with Gasteiger partial charge in [0, 0.05) is 19.4 Å². The molecule has 0 aliphatic carbocycles. The van der Waals surface area contributed by atoms with Crippen LogP contribution in [0, 0.1) is 0 Å². The smallest absolute Gasteiger partial charge is 0.463 e. The second-order valence-corrected chi connectivity index (χ2v) is 10.8. The Morgan fingerprint density at radius 2 is 1.25 bits per heavy atom. The van der Waals surface area contributed by atoms with Crippen LogP contribution < -0.4 is 5.32 Å². The van der Waals surface area contributed by atoms with Gasteiger partial charge in [-0.2, -0.15) is 0 Å². The van der Waals surface area contributed by atoms with Gasteiger partial charge < -0.3 is 20.1 Å². The predicted molar refractivity (Wildman–Crippen MR) is 142 cm³/mol. The summed E-state index contributed by atoms with van der Waals surface area (Å²) >= 11 is 0. The van der Waals surface area contributed by atoms with Crippen molar-refractivity contribution >= 4 is 19.7 Å². The number of carbonyl (C=O) groups excluding carboxylic acids is 2. The lowest BCUT2D eigenvalue weighted by Crippen LogP contribution is -2.27. The van der Waals surface area contributed by atoms with E-state index in [0.29, 0.717) is 6.42 Å². The Bertz CT molecular complexity index is 590. The lowest BCUT2D eigenvalue weighted by atomic mass is 10.1. The summed E-state index contributed by atoms with van der Waals surface area (Å²) in [6.45, 7) is 3.41. The van der Waals surface area contributed by atoms with Crippen LogP contribution in [0.3, 0.4) is 0 Å². The molecule has 0 heterocycles. The Hall–Kier alpha value is -0.990. The van der Waals surface area contributed by atoms with Crippen LogP contribution in [0.2, 0.25) is 0 Å². The van der Waals surface area contributed by atoms with E-state index < -0.39 is 26.5 Å². The number of aliphatic hydroxyl groups excluding tert-OH is 1. The number of esters is 1. The molecule has 0 bridgehead atoms. The second-order valence-electron chi connectivity index (χ2n) is 9.38. The van der Waals surface area contributed by atoms with Crippen molar-refractivity contribution in [3.63, 3.8) is 0 Å². The van der Waals surface area contributed by atoms with Crippen molar-refractivity contribution in [1.29, 1.82) is 0 Å². The maximum atomic E-state index is 11.9. The van der Waals surface area contributed by atoms with Gasteiger partial charge in [0.2, 0.25) is 5.91 Å². The first-order valence-electron chi connectivity index (χ1n) is 14.0. The molecule has 0 aliphatic heterocycles. The number of phosphoric acid groups is 1. The summed E-state index contributed by atoms with van der Waals surface area (Å²) in [5.41, 5.74) is 0. The molecule has 0 radical (unpaired) electrons. The van der Waals surface area contributed by atoms with E-state index in [-0.39, 0.29) is 32.1 Å². The summed E-state index contributed by atoms with van der Waals surface area (Å²) in [5, 5.41) is 12.5. The number of ether oxygens (including phenoxy) is 1. The van der Waals surface area contributed by atoms with Gasteiger partial charge >= 0.3 is 13.8 Å². The lowest BCUT2D eigenvalue weighted by molar-refractivity contribution is -0.147. The summed E-state index contributed by atoms with van der Waals surface area (Å²) in [5.74, 6) is -0.531. The molecule has 0 aromatic carbocycles. The van der Waals surface area contributed by atoms with E-state index in [1.54, 1.807) is 0 Å². The van der Waals surface area contributed by atoms with Crippen molar-refractivity contribution in [3.8, 4) is 0 Å². The average molecular weight is 538 g/mol. The first-order chi connectivity index (χ1) is 17.3. The summed E-state index contributed by atoms with van der Waals surface area (Å²) in [4.78, 5) is 33.2. The van der Waals surface area contributed by atoms with Crippen LogP contribution in [0.5, 0.6) is 0 Å². The van der Waals surface area contributed by atoms with Gasteiger partial charge in [-0.3, -0.25) is 18.6 Å². The molecule has 0 aliphatic rings. The molecule has 1 amide bonds. The minimum Gasteiger partial charge on any atom is -0.463 e. The minimum atomic E-state index is -4.38. The predicted octanol–water partition coefficient (Wildman–Crippen LogP) is 5.81. The number of nitrogens with one attached hydrogen (secondary N) is 1. The molecule has 0 fully saturated rings. The molecule has 214 valence electrons. The first-order valence-corrected chi connectivity index (χ1v) is 15.5. The molecular formula is C26H52NO8P. The monoisotopic (exact) mass is 537 g/mol. The Morgan fingerprint density at radius 1 is 0.750 bits per heavy atom. The largest absolute Gasteiger partial charge is 0.472 e. The highest BCUT2D eigenvalue weighted by Gasteiger charge is 2.23. The van der Waals surface area contributed by atoms with Crippen molar-refractivity contribution in [1.82, 2.24) is 5.32 Å². The minimum absolute atomic E-state index is 0.0842. The van der Waals surface area contributed by atoms with Crippen LogP contribution in [0.15, 0.2) is 0 Å². The molecule has 9 nitrogen and oxygen atoms in total. The van der Waals surface area contributed by atoms with Crippen molar-refractivity contribution in [2.45, 2.75) is 129 Å². The Kier molecular flexibility index (Phi) is 23.7. The number of hydrogen-bond acceptors (Lipinski definition) is 7. The zero-order chi connectivity index (χ0) is 26.9. The molecule has 2 unspecified atom stereocenters. The number of aliphatic hydroxyl groups is 1. The molecule has 0 saturated heterocycles. The van der Waals surface area contributed by atoms with E-state index in [4.69, 9.17) is 13.8 Å². The number of hydrogen-bond donors (Lipinski definition) is 3. The lowest BCUT2D eigenvalue weighted by Gasteiger charge is -2.15. The fraction of sp³-hybridized carbons (Fsp3) is 0.923. The van der Waals surface area contributed by atoms with Gasteiger partial charge in [-0.15, -0.1) is 0 Å². The van der Waals surface area contributed by atoms with Gasteiger partial charge in [0.05, 0.1) is 13.2 Å². The molecule has 10 heteroatoms. The van der Waals surface area contributed by atoms with E-state index in [1.807, 2.05) is 0 Å². The summed E-state index contributed by atoms with van der Waals surface area (Å²) in [7, 11) is -4.38. The molecule has 0 aromatic heterocycles. The maximum absolute atomic E-state index is 11.9. The van der Waals surface area contributed by atoms with Crippen molar-refractivity contribution in [2.75, 3.05) is 26.4 Å². The van der Waals surface area contributed by atoms with Crippen LogP contribution in [-0.4, -0.2) is 54.3 Å². The number of unbranched alkanes of at least 4 members (excludes halogenated alkanes) is 13. The highest BCUT2D eigenvalue weighted by atomic mass is 31.2. The van der Waals surface area contributed by atoms with E-state index in [9.17, 15) is 24.2 Å². The summed E-state index contributed by atoms with van der Waals surface area (Å²) < 4.78 is 26.4. The topological polar surface area (TPSA) is 131 Å². The number of amides is 1. The molecule has 0 rings (SSSR count). The van der Waals surface area contributed by atoms with E-state index >= 15 is 0 Å². The maximum Gasteiger partial charge on any atom is 0.472 e. The van der Waals surface area contributed by atoms with Crippen LogP contribution in [0.25, 0.3) is 0 Å². The molecule has 0 saturated carbocycles. The first kappa shape index (κ1) is 35.0. The highest BCUT2D eigenvalue weighted by molar-refractivity contribution is 7.47. The third-order valence-corrected chi connectivity index (χ3v) is 6.77. The third-order valence-electron chi connectivity index (χ3n) is 5.79. The van der Waals surface area contributed by atoms with E-state index in [1.165, 1.54) is 44.9 Å². The molecule has 3 N–H and O–H groups in total. The summed E-state index contributed by atoms with van der Waals surface area (Å²) in [6.07, 6.45) is 16.5. The zero-order valence-corrected chi connectivity index (χ0v) is 23.6. The van der Waals surface area contributed by atoms with E-state index in [0.717, 1.165) is 51.4 Å². The molecule has 2 atom stereocenters. The van der Waals surface area contributed by atoms with Crippen molar-refractivity contribution in [2.24, 2.45) is 0 Å². The van der Waals surface area contributed by atoms with Crippen LogP contribution >= 0.6 is 7.82 Å². The molecular weight excluding hydrogens is 485 g/mol. The van der Waals surface area contributed by atoms with E-state index in [2.05, 4.69) is 19.2 Å². The summed E-state index contributed by atoms with van der Waals surface area (Å²) in [6, 6.07) is 0. The Balaban J connectivity index is 3.68. The number of rotatable bonds is 26. The quantitative estimate of drug-likeness (QED) is 0.0715. The van der Waals surface area contributed by atoms with Crippen molar-refractivity contribution in [3.05, 3.63) is 0 Å². The van der Waals surface area contributed by atoms with Gasteiger partial charge in [-0.25, -0.2) is 4.57 Å². The van der Waals surface area contributed by atoms with Crippen LogP contribution in [0.1, 0.15) is 123 Å². The third kappa shape index (κ3) is 24.7. The molecule has 0 aromatic rings. The number of carbonyl (C=O) groups is 2. The Morgan fingerprint density at radius 3 is 1.81 bits per heavy atom. The van der Waals surface area contributed by atoms with Crippen LogP contribution in [0.4, 0.5) is 0 Å². The SMILES string of the molecule is CCCCCCCCCCCCC(=O)OCC(O)COP(=O)(O)OCCNC(=O)CCCCCCC. The number of phosphoric ester groups is 1. The van der Waals surface area contributed by atoms with Gasteiger partial charge in [0.15, 0.2) is 0 Å². The average Bonchev–Trinajstić information content (AvgIpc) is 2.85. The second kappa shape index (κ2) is 24.4. The molecule has 0 spiro atoms. The fourth-order valence-electron chi connectivity index (χ4n) is 3.61. The molecule has 36 heavy (non-hydrogen) atoms. The standard InChI is InChI=1S/C26H52NO8P/c1-3-5-7-9-10-11-12-13-15-17-19-26(30)33-22-24(28)23-35-36(31,32)34-21-20-27-25(29)18-16-14-8-6-4-2/h24,28H,3-23H2,1-2H3,(H,27,29)(H,31,32). The highest BCUT2D eigenvalue weighted by Crippen LogP contribution is 2.42. The fourth-order valence-corrected chi connectivity index (χ4v) is 4.37. The zero-order valence-electron chi connectivity index (χ0n) is 22.7. The van der Waals surface area contributed by atoms with Gasteiger partial charge in [-0.1, -0.05) is 97.3 Å².